The zero-order valence-corrected chi connectivity index (χ0v) is 12.2. The summed E-state index contributed by atoms with van der Waals surface area (Å²) in [4.78, 5) is 11.5. The summed E-state index contributed by atoms with van der Waals surface area (Å²) < 4.78 is 11.3. The van der Waals surface area contributed by atoms with Gasteiger partial charge in [0.05, 0.1) is 13.2 Å². The number of rotatable bonds is 6. The summed E-state index contributed by atoms with van der Waals surface area (Å²) >= 11 is 0. The van der Waals surface area contributed by atoms with Gasteiger partial charge >= 0.3 is 0 Å². The molecule has 1 fully saturated rings. The predicted molar refractivity (Wildman–Crippen MR) is 79.5 cm³/mol. The topological polar surface area (TPSA) is 59.6 Å². The zero-order chi connectivity index (χ0) is 14.5. The van der Waals surface area contributed by atoms with Gasteiger partial charge in [0.1, 0.15) is 0 Å². The fourth-order valence-electron chi connectivity index (χ4n) is 2.28. The molecular weight excluding hydrogens is 268 g/mol. The van der Waals surface area contributed by atoms with Gasteiger partial charge in [-0.2, -0.15) is 0 Å². The highest BCUT2D eigenvalue weighted by atomic mass is 16.5. The van der Waals surface area contributed by atoms with Crippen LogP contribution in [0.4, 0.5) is 0 Å². The zero-order valence-electron chi connectivity index (χ0n) is 12.2. The van der Waals surface area contributed by atoms with Crippen molar-refractivity contribution in [3.05, 3.63) is 23.8 Å². The van der Waals surface area contributed by atoms with Gasteiger partial charge in [-0.25, -0.2) is 0 Å². The maximum Gasteiger partial charge on any atom is 0.221 e. The number of hydrogen-bond acceptors (Lipinski definition) is 4. The second-order valence-electron chi connectivity index (χ2n) is 5.60. The lowest BCUT2D eigenvalue weighted by Gasteiger charge is -2.10. The number of carbonyl (C=O) groups excluding carboxylic acids is 1. The summed E-state index contributed by atoms with van der Waals surface area (Å²) in [7, 11) is 0. The van der Waals surface area contributed by atoms with E-state index in [0.29, 0.717) is 32.2 Å². The minimum absolute atomic E-state index is 0.142. The molecule has 3 rings (SSSR count). The molecule has 1 heterocycles. The molecule has 0 unspecified atom stereocenters. The van der Waals surface area contributed by atoms with E-state index in [9.17, 15) is 4.79 Å². The maximum atomic E-state index is 11.5. The Labute approximate surface area is 125 Å². The number of hydrogen-bond donors (Lipinski definition) is 2. The van der Waals surface area contributed by atoms with Crippen LogP contribution in [0.15, 0.2) is 18.2 Å². The largest absolute Gasteiger partial charge is 0.490 e. The molecule has 1 amide bonds. The fourth-order valence-corrected chi connectivity index (χ4v) is 2.28. The summed E-state index contributed by atoms with van der Waals surface area (Å²) in [5.41, 5.74) is 1.14. The van der Waals surface area contributed by atoms with Gasteiger partial charge in [-0.15, -0.1) is 0 Å². The van der Waals surface area contributed by atoms with Crippen molar-refractivity contribution in [1.82, 2.24) is 10.6 Å². The van der Waals surface area contributed by atoms with E-state index in [1.165, 1.54) is 0 Å². The molecule has 2 aliphatic rings. The average molecular weight is 290 g/mol. The van der Waals surface area contributed by atoms with E-state index in [4.69, 9.17) is 9.47 Å². The van der Waals surface area contributed by atoms with Crippen LogP contribution in [0.5, 0.6) is 11.5 Å². The SMILES string of the molecule is O=C(CCNCc1ccc2c(c1)OCCCO2)NC1CC1. The molecule has 1 saturated carbocycles. The lowest BCUT2D eigenvalue weighted by Crippen LogP contribution is -2.28. The van der Waals surface area contributed by atoms with Gasteiger partial charge in [0, 0.05) is 32.0 Å². The highest BCUT2D eigenvalue weighted by Gasteiger charge is 2.22. The molecule has 21 heavy (non-hydrogen) atoms. The normalized spacial score (nSPS) is 17.1. The predicted octanol–water partition coefficient (Wildman–Crippen LogP) is 1.61. The Morgan fingerprint density at radius 2 is 2.00 bits per heavy atom. The molecule has 1 aliphatic heterocycles. The molecule has 0 bridgehead atoms. The van der Waals surface area contributed by atoms with Crippen LogP contribution in [0.1, 0.15) is 31.2 Å². The van der Waals surface area contributed by atoms with Gasteiger partial charge in [0.2, 0.25) is 5.91 Å². The Morgan fingerprint density at radius 3 is 2.81 bits per heavy atom. The van der Waals surface area contributed by atoms with Crippen molar-refractivity contribution < 1.29 is 14.3 Å². The Bertz CT molecular complexity index is 500. The van der Waals surface area contributed by atoms with Gasteiger partial charge < -0.3 is 20.1 Å². The standard InChI is InChI=1S/C16H22N2O3/c19-16(18-13-3-4-13)6-7-17-11-12-2-5-14-15(10-12)21-9-1-8-20-14/h2,5,10,13,17H,1,3-4,6-9,11H2,(H,18,19). The van der Waals surface area contributed by atoms with Crippen molar-refractivity contribution in [2.24, 2.45) is 0 Å². The van der Waals surface area contributed by atoms with Crippen molar-refractivity contribution in [1.29, 1.82) is 0 Å². The Morgan fingerprint density at radius 1 is 1.19 bits per heavy atom. The van der Waals surface area contributed by atoms with Gasteiger partial charge in [-0.1, -0.05) is 6.07 Å². The Kier molecular flexibility index (Phi) is 4.60. The first-order valence-corrected chi connectivity index (χ1v) is 7.70. The van der Waals surface area contributed by atoms with E-state index < -0.39 is 0 Å². The third-order valence-electron chi connectivity index (χ3n) is 3.61. The summed E-state index contributed by atoms with van der Waals surface area (Å²) in [5.74, 6) is 1.78. The third kappa shape index (κ3) is 4.36. The number of ether oxygens (including phenoxy) is 2. The average Bonchev–Trinajstić information content (AvgIpc) is 3.30. The smallest absolute Gasteiger partial charge is 0.221 e. The van der Waals surface area contributed by atoms with Crippen LogP contribution in [0.2, 0.25) is 0 Å². The molecule has 0 spiro atoms. The van der Waals surface area contributed by atoms with Gasteiger partial charge in [-0.05, 0) is 30.5 Å². The van der Waals surface area contributed by atoms with Crippen LogP contribution in [0.25, 0.3) is 0 Å². The Balaban J connectivity index is 1.42. The van der Waals surface area contributed by atoms with Crippen molar-refractivity contribution in [2.75, 3.05) is 19.8 Å². The van der Waals surface area contributed by atoms with Crippen molar-refractivity contribution in [3.63, 3.8) is 0 Å². The van der Waals surface area contributed by atoms with E-state index >= 15 is 0 Å². The van der Waals surface area contributed by atoms with Crippen LogP contribution < -0.4 is 20.1 Å². The highest BCUT2D eigenvalue weighted by molar-refractivity contribution is 5.76. The first kappa shape index (κ1) is 14.2. The van der Waals surface area contributed by atoms with E-state index in [1.54, 1.807) is 0 Å². The Hall–Kier alpha value is -1.75. The van der Waals surface area contributed by atoms with Crippen molar-refractivity contribution in [3.8, 4) is 11.5 Å². The van der Waals surface area contributed by atoms with Gasteiger partial charge in [0.25, 0.3) is 0 Å². The lowest BCUT2D eigenvalue weighted by atomic mass is 10.2. The molecule has 0 atom stereocenters. The molecule has 5 nitrogen and oxygen atoms in total. The molecule has 2 N–H and O–H groups in total. The first-order chi connectivity index (χ1) is 10.3. The minimum Gasteiger partial charge on any atom is -0.490 e. The van der Waals surface area contributed by atoms with E-state index in [1.807, 2.05) is 18.2 Å². The molecule has 0 saturated heterocycles. The second kappa shape index (κ2) is 6.80. The monoisotopic (exact) mass is 290 g/mol. The number of carbonyl (C=O) groups is 1. The lowest BCUT2D eigenvalue weighted by molar-refractivity contribution is -0.121. The number of fused-ring (bicyclic) bond motifs is 1. The van der Waals surface area contributed by atoms with E-state index in [0.717, 1.165) is 42.9 Å². The molecule has 114 valence electrons. The molecular formula is C16H22N2O3. The molecule has 1 aromatic carbocycles. The quantitative estimate of drug-likeness (QED) is 0.781. The van der Waals surface area contributed by atoms with Crippen molar-refractivity contribution >= 4 is 5.91 Å². The molecule has 0 aromatic heterocycles. The number of benzene rings is 1. The molecule has 1 aromatic rings. The number of amides is 1. The van der Waals surface area contributed by atoms with Crippen LogP contribution in [-0.4, -0.2) is 31.7 Å². The summed E-state index contributed by atoms with van der Waals surface area (Å²) in [6.07, 6.45) is 3.71. The molecule has 5 heteroatoms. The van der Waals surface area contributed by atoms with E-state index in [2.05, 4.69) is 10.6 Å². The van der Waals surface area contributed by atoms with Crippen LogP contribution in [0.3, 0.4) is 0 Å². The van der Waals surface area contributed by atoms with Crippen LogP contribution in [-0.2, 0) is 11.3 Å². The van der Waals surface area contributed by atoms with Crippen LogP contribution >= 0.6 is 0 Å². The fraction of sp³-hybridized carbons (Fsp3) is 0.562. The maximum absolute atomic E-state index is 11.5. The summed E-state index contributed by atoms with van der Waals surface area (Å²) in [5, 5.41) is 6.28. The molecule has 1 aliphatic carbocycles. The van der Waals surface area contributed by atoms with Crippen LogP contribution in [0, 0.1) is 0 Å². The van der Waals surface area contributed by atoms with Gasteiger partial charge in [-0.3, -0.25) is 4.79 Å². The highest BCUT2D eigenvalue weighted by Crippen LogP contribution is 2.30. The second-order valence-corrected chi connectivity index (χ2v) is 5.60. The molecule has 0 radical (unpaired) electrons. The minimum atomic E-state index is 0.142. The number of nitrogens with one attached hydrogen (secondary N) is 2. The summed E-state index contributed by atoms with van der Waals surface area (Å²) in [6.45, 7) is 2.83. The summed E-state index contributed by atoms with van der Waals surface area (Å²) in [6, 6.07) is 6.44. The first-order valence-electron chi connectivity index (χ1n) is 7.70. The third-order valence-corrected chi connectivity index (χ3v) is 3.61. The van der Waals surface area contributed by atoms with Gasteiger partial charge in [0.15, 0.2) is 11.5 Å². The van der Waals surface area contributed by atoms with E-state index in [-0.39, 0.29) is 5.91 Å². The van der Waals surface area contributed by atoms with Crippen molar-refractivity contribution in [2.45, 2.75) is 38.3 Å².